The van der Waals surface area contributed by atoms with Gasteiger partial charge in [-0.15, -0.1) is 0 Å². The van der Waals surface area contributed by atoms with E-state index < -0.39 is 0 Å². The minimum Gasteiger partial charge on any atom is -0.309 e. The van der Waals surface area contributed by atoms with Crippen LogP contribution in [0.3, 0.4) is 0 Å². The third kappa shape index (κ3) is 5.52. The molecule has 0 N–H and O–H groups in total. The van der Waals surface area contributed by atoms with Gasteiger partial charge in [-0.1, -0.05) is 158 Å². The molecule has 0 unspecified atom stereocenters. The Hall–Kier alpha value is -8.15. The fraction of sp³-hybridized carbons (Fsp3) is 0. The number of benzene rings is 9. The van der Waals surface area contributed by atoms with E-state index in [1.54, 1.807) is 0 Å². The van der Waals surface area contributed by atoms with Gasteiger partial charge in [0.1, 0.15) is 0 Å². The number of aromatic nitrogens is 5. The van der Waals surface area contributed by atoms with Crippen molar-refractivity contribution in [2.75, 3.05) is 0 Å². The van der Waals surface area contributed by atoms with Crippen LogP contribution in [-0.4, -0.2) is 24.1 Å². The number of hydrogen-bond donors (Lipinski definition) is 0. The zero-order chi connectivity index (χ0) is 39.6. The van der Waals surface area contributed by atoms with Gasteiger partial charge >= 0.3 is 0 Å². The van der Waals surface area contributed by atoms with Gasteiger partial charge in [0.15, 0.2) is 17.5 Å². The van der Waals surface area contributed by atoms with E-state index in [2.05, 4.69) is 197 Å². The van der Waals surface area contributed by atoms with Crippen molar-refractivity contribution in [3.8, 4) is 56.7 Å². The van der Waals surface area contributed by atoms with Crippen LogP contribution in [0.5, 0.6) is 0 Å². The first kappa shape index (κ1) is 33.9. The highest BCUT2D eigenvalue weighted by atomic mass is 15.0. The second-order valence-corrected chi connectivity index (χ2v) is 15.3. The van der Waals surface area contributed by atoms with E-state index in [1.165, 1.54) is 27.1 Å². The van der Waals surface area contributed by atoms with Crippen LogP contribution in [0.2, 0.25) is 0 Å². The average Bonchev–Trinajstić information content (AvgIpc) is 3.83. The molecular weight excluding hydrogens is 731 g/mol. The lowest BCUT2D eigenvalue weighted by Crippen LogP contribution is -2.02. The summed E-state index contributed by atoms with van der Waals surface area (Å²) in [5.74, 6) is 1.87. The molecular formula is C55H35N5. The molecule has 0 spiro atoms. The number of para-hydroxylation sites is 3. The van der Waals surface area contributed by atoms with Crippen LogP contribution in [0.1, 0.15) is 0 Å². The Morgan fingerprint density at radius 2 is 0.767 bits per heavy atom. The Morgan fingerprint density at radius 1 is 0.267 bits per heavy atom. The third-order valence-electron chi connectivity index (χ3n) is 11.7. The number of fused-ring (bicyclic) bond motifs is 7. The number of rotatable bonds is 6. The van der Waals surface area contributed by atoms with Crippen LogP contribution in [0.25, 0.3) is 111 Å². The maximum Gasteiger partial charge on any atom is 0.164 e. The smallest absolute Gasteiger partial charge is 0.164 e. The standard InChI is InChI=1S/C55H35N5/c1-4-17-36(18-5-1)38-22-16-23-40(31-38)54-56-53(37-19-6-2-7-20-37)57-55(58-54)48-33-42(32-39-21-10-11-26-43(39)48)60-50-30-15-13-28-45(50)47-34-46-44-27-12-14-29-49(44)59(51(46)35-52(47)60)41-24-8-3-9-25-41/h1-35H. The molecule has 3 heterocycles. The number of hydrogen-bond acceptors (Lipinski definition) is 3. The average molecular weight is 766 g/mol. The molecule has 9 aromatic carbocycles. The Balaban J connectivity index is 1.13. The molecule has 0 radical (unpaired) electrons. The molecule has 60 heavy (non-hydrogen) atoms. The van der Waals surface area contributed by atoms with Gasteiger partial charge in [0.25, 0.3) is 0 Å². The van der Waals surface area contributed by atoms with Crippen LogP contribution >= 0.6 is 0 Å². The Kier molecular flexibility index (Phi) is 7.78. The highest BCUT2D eigenvalue weighted by molar-refractivity contribution is 6.19. The Labute approximate surface area is 346 Å². The molecule has 5 nitrogen and oxygen atoms in total. The second-order valence-electron chi connectivity index (χ2n) is 15.3. The molecule has 0 amide bonds. The quantitative estimate of drug-likeness (QED) is 0.169. The van der Waals surface area contributed by atoms with Gasteiger partial charge in [-0.25, -0.2) is 15.0 Å². The molecule has 0 bridgehead atoms. The zero-order valence-corrected chi connectivity index (χ0v) is 32.4. The third-order valence-corrected chi connectivity index (χ3v) is 11.7. The summed E-state index contributed by atoms with van der Waals surface area (Å²) >= 11 is 0. The van der Waals surface area contributed by atoms with Crippen molar-refractivity contribution in [1.82, 2.24) is 24.1 Å². The van der Waals surface area contributed by atoms with Crippen LogP contribution in [0.15, 0.2) is 212 Å². The SMILES string of the molecule is c1ccc(-c2cccc(-c3nc(-c4ccccc4)nc(-c4cc(-n5c6ccccc6c6cc7c8ccccc8n(-c8ccccc8)c7cc65)cc5ccccc45)n3)c2)cc1. The van der Waals surface area contributed by atoms with Gasteiger partial charge in [0.2, 0.25) is 0 Å². The molecule has 0 fully saturated rings. The predicted octanol–water partition coefficient (Wildman–Crippen LogP) is 13.9. The van der Waals surface area contributed by atoms with Gasteiger partial charge in [0, 0.05) is 49.6 Å². The van der Waals surface area contributed by atoms with E-state index in [0.29, 0.717) is 17.5 Å². The molecule has 0 aliphatic rings. The van der Waals surface area contributed by atoms with Crippen molar-refractivity contribution in [2.45, 2.75) is 0 Å². The number of nitrogens with zero attached hydrogens (tertiary/aromatic N) is 5. The lowest BCUT2D eigenvalue weighted by molar-refractivity contribution is 1.07. The summed E-state index contributed by atoms with van der Waals surface area (Å²) in [6.45, 7) is 0. The van der Waals surface area contributed by atoms with Crippen molar-refractivity contribution in [2.24, 2.45) is 0 Å². The largest absolute Gasteiger partial charge is 0.309 e. The molecule has 0 saturated carbocycles. The molecule has 12 rings (SSSR count). The first-order valence-corrected chi connectivity index (χ1v) is 20.3. The van der Waals surface area contributed by atoms with E-state index in [1.807, 2.05) is 24.3 Å². The van der Waals surface area contributed by atoms with Gasteiger partial charge in [-0.2, -0.15) is 0 Å². The van der Waals surface area contributed by atoms with E-state index in [9.17, 15) is 0 Å². The van der Waals surface area contributed by atoms with Crippen molar-refractivity contribution >= 4 is 54.4 Å². The highest BCUT2D eigenvalue weighted by Crippen LogP contribution is 2.41. The van der Waals surface area contributed by atoms with Crippen LogP contribution in [0, 0.1) is 0 Å². The lowest BCUT2D eigenvalue weighted by atomic mass is 10.0. The molecule has 0 atom stereocenters. The molecule has 3 aromatic heterocycles. The van der Waals surface area contributed by atoms with Gasteiger partial charge in [-0.3, -0.25) is 0 Å². The fourth-order valence-electron chi connectivity index (χ4n) is 8.98. The molecule has 5 heteroatoms. The molecule has 0 aliphatic heterocycles. The van der Waals surface area contributed by atoms with Gasteiger partial charge < -0.3 is 9.13 Å². The lowest BCUT2D eigenvalue weighted by Gasteiger charge is -2.15. The van der Waals surface area contributed by atoms with Crippen molar-refractivity contribution in [1.29, 1.82) is 0 Å². The van der Waals surface area contributed by atoms with Gasteiger partial charge in [0.05, 0.1) is 22.1 Å². The van der Waals surface area contributed by atoms with Crippen LogP contribution in [0.4, 0.5) is 0 Å². The normalized spacial score (nSPS) is 11.7. The summed E-state index contributed by atoms with van der Waals surface area (Å²) in [5, 5.41) is 7.04. The molecule has 280 valence electrons. The first-order chi connectivity index (χ1) is 29.7. The van der Waals surface area contributed by atoms with E-state index in [4.69, 9.17) is 15.0 Å². The topological polar surface area (TPSA) is 48.5 Å². The zero-order valence-electron chi connectivity index (χ0n) is 32.4. The van der Waals surface area contributed by atoms with Crippen molar-refractivity contribution < 1.29 is 0 Å². The first-order valence-electron chi connectivity index (χ1n) is 20.3. The van der Waals surface area contributed by atoms with Crippen molar-refractivity contribution in [3.63, 3.8) is 0 Å². The summed E-state index contributed by atoms with van der Waals surface area (Å²) in [5.41, 5.74) is 11.8. The summed E-state index contributed by atoms with van der Waals surface area (Å²) in [4.78, 5) is 15.7. The summed E-state index contributed by atoms with van der Waals surface area (Å²) in [6.07, 6.45) is 0. The summed E-state index contributed by atoms with van der Waals surface area (Å²) in [7, 11) is 0. The van der Waals surface area contributed by atoms with Gasteiger partial charge in [-0.05, 0) is 76.5 Å². The van der Waals surface area contributed by atoms with Crippen molar-refractivity contribution in [3.05, 3.63) is 212 Å². The second kappa shape index (κ2) is 13.8. The molecule has 0 aliphatic carbocycles. The fourth-order valence-corrected chi connectivity index (χ4v) is 8.98. The Morgan fingerprint density at radius 3 is 1.45 bits per heavy atom. The monoisotopic (exact) mass is 765 g/mol. The van der Waals surface area contributed by atoms with Crippen LogP contribution < -0.4 is 0 Å². The summed E-state index contributed by atoms with van der Waals surface area (Å²) in [6, 6.07) is 75.1. The maximum absolute atomic E-state index is 5.31. The predicted molar refractivity (Wildman–Crippen MR) is 248 cm³/mol. The van der Waals surface area contributed by atoms with E-state index in [0.717, 1.165) is 66.5 Å². The Bertz CT molecular complexity index is 3590. The summed E-state index contributed by atoms with van der Waals surface area (Å²) < 4.78 is 4.80. The maximum atomic E-state index is 5.31. The van der Waals surface area contributed by atoms with Crippen LogP contribution in [-0.2, 0) is 0 Å². The van der Waals surface area contributed by atoms with E-state index >= 15 is 0 Å². The minimum atomic E-state index is 0.620. The highest BCUT2D eigenvalue weighted by Gasteiger charge is 2.21. The minimum absolute atomic E-state index is 0.620. The molecule has 12 aromatic rings. The van der Waals surface area contributed by atoms with E-state index in [-0.39, 0.29) is 0 Å². The molecule has 0 saturated heterocycles.